The van der Waals surface area contributed by atoms with Crippen LogP contribution >= 0.6 is 15.9 Å². The minimum atomic E-state index is -0.904. The van der Waals surface area contributed by atoms with Gasteiger partial charge in [0.2, 0.25) is 0 Å². The molecule has 0 heterocycles. The Morgan fingerprint density at radius 1 is 1.50 bits per heavy atom. The lowest BCUT2D eigenvalue weighted by atomic mass is 10.3. The second kappa shape index (κ2) is 4.50. The third-order valence-electron chi connectivity index (χ3n) is 1.47. The van der Waals surface area contributed by atoms with E-state index in [-0.39, 0.29) is 16.6 Å². The predicted octanol–water partition coefficient (Wildman–Crippen LogP) is 3.04. The highest BCUT2D eigenvalue weighted by Gasteiger charge is 2.13. The zero-order valence-electron chi connectivity index (χ0n) is 7.31. The van der Waals surface area contributed by atoms with Gasteiger partial charge in [-0.2, -0.15) is 0 Å². The number of hydrogen-bond donors (Lipinski definition) is 0. The van der Waals surface area contributed by atoms with Crippen LogP contribution in [0.4, 0.5) is 8.78 Å². The standard InChI is InChI=1S/C9H7BrF2O2/c1-2-8(13)14-9-6(10)3-5(11)4-7(9)12/h3-4H,2H2,1H3. The molecular formula is C9H7BrF2O2. The zero-order valence-corrected chi connectivity index (χ0v) is 8.90. The number of carbonyl (C=O) groups is 1. The molecule has 0 N–H and O–H groups in total. The van der Waals surface area contributed by atoms with Crippen molar-refractivity contribution in [1.82, 2.24) is 0 Å². The number of carbonyl (C=O) groups excluding carboxylic acids is 1. The normalized spacial score (nSPS) is 10.0. The Bertz CT molecular complexity index is 343. The summed E-state index contributed by atoms with van der Waals surface area (Å²) in [5.41, 5.74) is 0. The van der Waals surface area contributed by atoms with Gasteiger partial charge < -0.3 is 4.74 Å². The molecule has 1 rings (SSSR count). The monoisotopic (exact) mass is 264 g/mol. The van der Waals surface area contributed by atoms with Gasteiger partial charge in [0.05, 0.1) is 4.47 Å². The maximum Gasteiger partial charge on any atom is 0.311 e. The Morgan fingerprint density at radius 2 is 2.14 bits per heavy atom. The summed E-state index contributed by atoms with van der Waals surface area (Å²) in [5.74, 6) is -2.49. The number of ether oxygens (including phenoxy) is 1. The molecule has 5 heteroatoms. The molecule has 0 unspecified atom stereocenters. The minimum absolute atomic E-state index is 0.0804. The largest absolute Gasteiger partial charge is 0.422 e. The van der Waals surface area contributed by atoms with Crippen molar-refractivity contribution in [2.75, 3.05) is 0 Å². The summed E-state index contributed by atoms with van der Waals surface area (Å²) in [5, 5.41) is 0. The van der Waals surface area contributed by atoms with Gasteiger partial charge in [0.25, 0.3) is 0 Å². The summed E-state index contributed by atoms with van der Waals surface area (Å²) in [6.07, 6.45) is 0.128. The molecule has 0 spiro atoms. The van der Waals surface area contributed by atoms with Crippen LogP contribution in [0.1, 0.15) is 13.3 Å². The van der Waals surface area contributed by atoms with E-state index in [1.165, 1.54) is 0 Å². The quantitative estimate of drug-likeness (QED) is 0.606. The number of benzene rings is 1. The van der Waals surface area contributed by atoms with E-state index in [4.69, 9.17) is 0 Å². The van der Waals surface area contributed by atoms with E-state index >= 15 is 0 Å². The van der Waals surface area contributed by atoms with Crippen LogP contribution in [0, 0.1) is 11.6 Å². The fourth-order valence-electron chi connectivity index (χ4n) is 0.812. The molecule has 1 aromatic rings. The van der Waals surface area contributed by atoms with Crippen molar-refractivity contribution in [3.63, 3.8) is 0 Å². The molecule has 0 aliphatic rings. The maximum absolute atomic E-state index is 13.1. The second-order valence-electron chi connectivity index (χ2n) is 2.53. The van der Waals surface area contributed by atoms with Gasteiger partial charge >= 0.3 is 5.97 Å². The third-order valence-corrected chi connectivity index (χ3v) is 2.06. The summed E-state index contributed by atoms with van der Waals surface area (Å²) in [6.45, 7) is 1.58. The van der Waals surface area contributed by atoms with E-state index in [1.807, 2.05) is 0 Å². The van der Waals surface area contributed by atoms with Crippen molar-refractivity contribution in [3.8, 4) is 5.75 Å². The van der Waals surface area contributed by atoms with E-state index in [0.29, 0.717) is 6.07 Å². The molecule has 0 atom stereocenters. The van der Waals surface area contributed by atoms with Gasteiger partial charge in [0, 0.05) is 12.5 Å². The molecule has 0 bridgehead atoms. The predicted molar refractivity (Wildman–Crippen MR) is 50.0 cm³/mol. The Labute approximate surface area is 88.0 Å². The molecule has 1 aromatic carbocycles. The number of hydrogen-bond acceptors (Lipinski definition) is 2. The first-order valence-corrected chi connectivity index (χ1v) is 4.69. The van der Waals surface area contributed by atoms with Crippen LogP contribution in [0.25, 0.3) is 0 Å². The van der Waals surface area contributed by atoms with Crippen molar-refractivity contribution in [1.29, 1.82) is 0 Å². The smallest absolute Gasteiger partial charge is 0.311 e. The Balaban J connectivity index is 3.02. The van der Waals surface area contributed by atoms with Crippen molar-refractivity contribution in [2.45, 2.75) is 13.3 Å². The van der Waals surface area contributed by atoms with E-state index in [2.05, 4.69) is 20.7 Å². The average Bonchev–Trinajstić information content (AvgIpc) is 2.10. The van der Waals surface area contributed by atoms with Crippen molar-refractivity contribution >= 4 is 21.9 Å². The van der Waals surface area contributed by atoms with Crippen molar-refractivity contribution in [2.24, 2.45) is 0 Å². The van der Waals surface area contributed by atoms with Crippen LogP contribution < -0.4 is 4.74 Å². The Hall–Kier alpha value is -0.970. The summed E-state index contributed by atoms with van der Waals surface area (Å²) >= 11 is 2.90. The second-order valence-corrected chi connectivity index (χ2v) is 3.38. The zero-order chi connectivity index (χ0) is 10.7. The Morgan fingerprint density at radius 3 is 2.64 bits per heavy atom. The average molecular weight is 265 g/mol. The highest BCUT2D eigenvalue weighted by Crippen LogP contribution is 2.29. The van der Waals surface area contributed by atoms with Crippen LogP contribution in [0.3, 0.4) is 0 Å². The third kappa shape index (κ3) is 2.51. The highest BCUT2D eigenvalue weighted by atomic mass is 79.9. The summed E-state index contributed by atoms with van der Waals surface area (Å²) in [7, 11) is 0. The van der Waals surface area contributed by atoms with E-state index in [1.54, 1.807) is 6.92 Å². The number of rotatable bonds is 2. The van der Waals surface area contributed by atoms with E-state index in [9.17, 15) is 13.6 Å². The molecule has 0 saturated heterocycles. The molecular weight excluding hydrogens is 258 g/mol. The van der Waals surface area contributed by atoms with Crippen LogP contribution in [0.15, 0.2) is 16.6 Å². The van der Waals surface area contributed by atoms with Crippen LogP contribution in [-0.2, 0) is 4.79 Å². The van der Waals surface area contributed by atoms with Gasteiger partial charge in [0.1, 0.15) is 5.82 Å². The highest BCUT2D eigenvalue weighted by molar-refractivity contribution is 9.10. The lowest BCUT2D eigenvalue weighted by molar-refractivity contribution is -0.134. The van der Waals surface area contributed by atoms with Crippen LogP contribution in [0.5, 0.6) is 5.75 Å². The maximum atomic E-state index is 13.1. The number of esters is 1. The molecule has 0 fully saturated rings. The first-order chi connectivity index (χ1) is 6.54. The molecule has 76 valence electrons. The first kappa shape index (κ1) is 11.1. The molecule has 0 aliphatic heterocycles. The molecule has 0 aromatic heterocycles. The summed E-state index contributed by atoms with van der Waals surface area (Å²) in [6, 6.07) is 1.68. The fourth-order valence-corrected chi connectivity index (χ4v) is 1.30. The topological polar surface area (TPSA) is 26.3 Å². The molecule has 0 radical (unpaired) electrons. The molecule has 0 amide bonds. The summed E-state index contributed by atoms with van der Waals surface area (Å²) in [4.78, 5) is 10.9. The van der Waals surface area contributed by atoms with Gasteiger partial charge in [-0.1, -0.05) is 6.92 Å². The van der Waals surface area contributed by atoms with Crippen LogP contribution in [0.2, 0.25) is 0 Å². The van der Waals surface area contributed by atoms with Crippen molar-refractivity contribution in [3.05, 3.63) is 28.2 Å². The van der Waals surface area contributed by atoms with E-state index < -0.39 is 17.6 Å². The van der Waals surface area contributed by atoms with Gasteiger partial charge in [-0.05, 0) is 22.0 Å². The first-order valence-electron chi connectivity index (χ1n) is 3.89. The summed E-state index contributed by atoms with van der Waals surface area (Å²) < 4.78 is 30.4. The lowest BCUT2D eigenvalue weighted by Gasteiger charge is -2.06. The van der Waals surface area contributed by atoms with Crippen LogP contribution in [-0.4, -0.2) is 5.97 Å². The minimum Gasteiger partial charge on any atom is -0.422 e. The lowest BCUT2D eigenvalue weighted by Crippen LogP contribution is -2.07. The fraction of sp³-hybridized carbons (Fsp3) is 0.222. The van der Waals surface area contributed by atoms with Gasteiger partial charge in [-0.25, -0.2) is 8.78 Å². The van der Waals surface area contributed by atoms with E-state index in [0.717, 1.165) is 6.07 Å². The molecule has 0 saturated carbocycles. The molecule has 14 heavy (non-hydrogen) atoms. The Kier molecular flexibility index (Phi) is 3.57. The molecule has 2 nitrogen and oxygen atoms in total. The SMILES string of the molecule is CCC(=O)Oc1c(F)cc(F)cc1Br. The van der Waals surface area contributed by atoms with Gasteiger partial charge in [-0.15, -0.1) is 0 Å². The van der Waals surface area contributed by atoms with Gasteiger partial charge in [0.15, 0.2) is 11.6 Å². The van der Waals surface area contributed by atoms with Crippen molar-refractivity contribution < 1.29 is 18.3 Å². The van der Waals surface area contributed by atoms with Gasteiger partial charge in [-0.3, -0.25) is 4.79 Å². The number of halogens is 3. The molecule has 0 aliphatic carbocycles.